The van der Waals surface area contributed by atoms with Gasteiger partial charge in [0.1, 0.15) is 0 Å². The first-order valence-electron chi connectivity index (χ1n) is 7.72. The van der Waals surface area contributed by atoms with Crippen LogP contribution in [0, 0.1) is 0 Å². The minimum atomic E-state index is -0.572. The maximum atomic E-state index is 11.1. The zero-order valence-corrected chi connectivity index (χ0v) is 12.7. The van der Waals surface area contributed by atoms with Crippen molar-refractivity contribution < 1.29 is 4.79 Å². The third kappa shape index (κ3) is 3.17. The average molecular weight is 299 g/mol. The normalized spacial score (nSPS) is 16.8. The van der Waals surface area contributed by atoms with Gasteiger partial charge in [-0.25, -0.2) is 4.68 Å². The predicted octanol–water partition coefficient (Wildman–Crippen LogP) is 1.96. The molecule has 0 aliphatic heterocycles. The summed E-state index contributed by atoms with van der Waals surface area (Å²) in [7, 11) is 0. The van der Waals surface area contributed by atoms with Gasteiger partial charge in [0.05, 0.1) is 11.9 Å². The largest absolute Gasteiger partial charge is 0.364 e. The Kier molecular flexibility index (Phi) is 4.20. The lowest BCUT2D eigenvalue weighted by molar-refractivity contribution is 0.0995. The molecular weight excluding hydrogens is 278 g/mol. The highest BCUT2D eigenvalue weighted by molar-refractivity contribution is 5.90. The molecule has 6 heteroatoms. The van der Waals surface area contributed by atoms with E-state index in [2.05, 4.69) is 34.7 Å². The summed E-state index contributed by atoms with van der Waals surface area (Å²) >= 11 is 0. The average Bonchev–Trinajstić information content (AvgIpc) is 3.18. The highest BCUT2D eigenvalue weighted by atomic mass is 16.1. The molecule has 1 fully saturated rings. The van der Waals surface area contributed by atoms with Crippen molar-refractivity contribution >= 4 is 5.91 Å². The van der Waals surface area contributed by atoms with E-state index in [0.29, 0.717) is 12.1 Å². The lowest BCUT2D eigenvalue weighted by atomic mass is 10.1. The van der Waals surface area contributed by atoms with Crippen molar-refractivity contribution in [1.82, 2.24) is 20.3 Å². The van der Waals surface area contributed by atoms with Crippen LogP contribution in [-0.4, -0.2) is 26.9 Å². The molecule has 3 N–H and O–H groups in total. The number of nitrogens with zero attached hydrogens (tertiary/aromatic N) is 3. The van der Waals surface area contributed by atoms with Crippen molar-refractivity contribution in [3.05, 3.63) is 41.7 Å². The summed E-state index contributed by atoms with van der Waals surface area (Å²) in [4.78, 5) is 11.1. The second kappa shape index (κ2) is 6.27. The Bertz CT molecular complexity index is 643. The lowest BCUT2D eigenvalue weighted by Gasteiger charge is -2.19. The van der Waals surface area contributed by atoms with E-state index in [0.717, 1.165) is 5.69 Å². The highest BCUT2D eigenvalue weighted by Gasteiger charge is 2.17. The number of carbonyl (C=O) groups excluding carboxylic acids is 1. The van der Waals surface area contributed by atoms with Gasteiger partial charge in [-0.2, -0.15) is 0 Å². The van der Waals surface area contributed by atoms with Crippen LogP contribution < -0.4 is 11.1 Å². The van der Waals surface area contributed by atoms with Crippen LogP contribution in [0.25, 0.3) is 5.69 Å². The maximum Gasteiger partial charge on any atom is 0.270 e. The first-order chi connectivity index (χ1) is 10.6. The molecule has 1 amide bonds. The molecule has 1 atom stereocenters. The molecule has 22 heavy (non-hydrogen) atoms. The molecule has 0 bridgehead atoms. The molecule has 2 aromatic rings. The number of nitrogens with one attached hydrogen (secondary N) is 1. The Morgan fingerprint density at radius 3 is 2.59 bits per heavy atom. The van der Waals surface area contributed by atoms with Crippen LogP contribution >= 0.6 is 0 Å². The second-order valence-corrected chi connectivity index (χ2v) is 5.87. The molecule has 1 aromatic heterocycles. The molecule has 1 unspecified atom stereocenters. The summed E-state index contributed by atoms with van der Waals surface area (Å²) in [6.07, 6.45) is 6.75. The van der Waals surface area contributed by atoms with Gasteiger partial charge in [-0.05, 0) is 37.5 Å². The van der Waals surface area contributed by atoms with Crippen LogP contribution in [0.5, 0.6) is 0 Å². The minimum absolute atomic E-state index is 0.167. The van der Waals surface area contributed by atoms with E-state index in [1.807, 2.05) is 12.1 Å². The Balaban J connectivity index is 1.69. The zero-order valence-electron chi connectivity index (χ0n) is 12.7. The molecule has 0 radical (unpaired) electrons. The molecule has 1 aromatic carbocycles. The van der Waals surface area contributed by atoms with Gasteiger partial charge in [0, 0.05) is 12.1 Å². The Morgan fingerprint density at radius 2 is 2.00 bits per heavy atom. The minimum Gasteiger partial charge on any atom is -0.364 e. The summed E-state index contributed by atoms with van der Waals surface area (Å²) in [5, 5.41) is 11.3. The molecule has 1 heterocycles. The first-order valence-corrected chi connectivity index (χ1v) is 7.72. The van der Waals surface area contributed by atoms with Crippen LogP contribution in [0.15, 0.2) is 30.5 Å². The molecule has 6 nitrogen and oxygen atoms in total. The van der Waals surface area contributed by atoms with E-state index >= 15 is 0 Å². The summed E-state index contributed by atoms with van der Waals surface area (Å²) in [6.45, 7) is 2.19. The third-order valence-electron chi connectivity index (χ3n) is 4.24. The van der Waals surface area contributed by atoms with Gasteiger partial charge in [0.15, 0.2) is 5.69 Å². The summed E-state index contributed by atoms with van der Waals surface area (Å²) in [5.41, 5.74) is 7.45. The van der Waals surface area contributed by atoms with Crippen LogP contribution in [-0.2, 0) is 0 Å². The van der Waals surface area contributed by atoms with Crippen molar-refractivity contribution in [3.8, 4) is 5.69 Å². The lowest BCUT2D eigenvalue weighted by Crippen LogP contribution is -2.28. The van der Waals surface area contributed by atoms with Crippen molar-refractivity contribution in [2.24, 2.45) is 5.73 Å². The SMILES string of the molecule is CC(NC1CCCC1)c1ccc(-n2cc(C(N)=O)nn2)cc1. The molecule has 0 spiro atoms. The molecule has 0 saturated heterocycles. The van der Waals surface area contributed by atoms with E-state index in [9.17, 15) is 4.79 Å². The monoisotopic (exact) mass is 299 g/mol. The number of rotatable bonds is 5. The molecular formula is C16H21N5O. The van der Waals surface area contributed by atoms with E-state index in [4.69, 9.17) is 5.73 Å². The van der Waals surface area contributed by atoms with Crippen LogP contribution in [0.3, 0.4) is 0 Å². The first kappa shape index (κ1) is 14.7. The molecule has 3 rings (SSSR count). The Morgan fingerprint density at radius 1 is 1.32 bits per heavy atom. The van der Waals surface area contributed by atoms with Crippen LogP contribution in [0.4, 0.5) is 0 Å². The number of nitrogens with two attached hydrogens (primary N) is 1. The number of hydrogen-bond acceptors (Lipinski definition) is 4. The smallest absolute Gasteiger partial charge is 0.270 e. The second-order valence-electron chi connectivity index (χ2n) is 5.87. The van der Waals surface area contributed by atoms with Gasteiger partial charge in [0.25, 0.3) is 5.91 Å². The number of amides is 1. The number of aromatic nitrogens is 3. The zero-order chi connectivity index (χ0) is 15.5. The van der Waals surface area contributed by atoms with E-state index in [-0.39, 0.29) is 5.69 Å². The fraction of sp³-hybridized carbons (Fsp3) is 0.438. The van der Waals surface area contributed by atoms with Gasteiger partial charge in [-0.1, -0.05) is 30.2 Å². The number of benzene rings is 1. The molecule has 1 aliphatic carbocycles. The fourth-order valence-electron chi connectivity index (χ4n) is 2.96. The van der Waals surface area contributed by atoms with E-state index in [1.54, 1.807) is 4.68 Å². The van der Waals surface area contributed by atoms with Gasteiger partial charge in [-0.3, -0.25) is 4.79 Å². The van der Waals surface area contributed by atoms with Gasteiger partial charge >= 0.3 is 0 Å². The fourth-order valence-corrected chi connectivity index (χ4v) is 2.96. The topological polar surface area (TPSA) is 85.8 Å². The highest BCUT2D eigenvalue weighted by Crippen LogP contribution is 2.22. The predicted molar refractivity (Wildman–Crippen MR) is 83.7 cm³/mol. The number of hydrogen-bond donors (Lipinski definition) is 2. The van der Waals surface area contributed by atoms with Crippen molar-refractivity contribution in [2.45, 2.75) is 44.7 Å². The van der Waals surface area contributed by atoms with E-state index in [1.165, 1.54) is 37.4 Å². The number of primary amides is 1. The van der Waals surface area contributed by atoms with Crippen molar-refractivity contribution in [3.63, 3.8) is 0 Å². The summed E-state index contributed by atoms with van der Waals surface area (Å²) < 4.78 is 1.55. The van der Waals surface area contributed by atoms with Crippen LogP contribution in [0.1, 0.15) is 54.7 Å². The van der Waals surface area contributed by atoms with Crippen molar-refractivity contribution in [2.75, 3.05) is 0 Å². The quantitative estimate of drug-likeness (QED) is 0.883. The van der Waals surface area contributed by atoms with Gasteiger partial charge in [-0.15, -0.1) is 5.10 Å². The summed E-state index contributed by atoms with van der Waals surface area (Å²) in [5.74, 6) is -0.572. The molecule has 1 aliphatic rings. The third-order valence-corrected chi connectivity index (χ3v) is 4.24. The Labute approximate surface area is 129 Å². The number of carbonyl (C=O) groups is 1. The van der Waals surface area contributed by atoms with Crippen LogP contribution in [0.2, 0.25) is 0 Å². The maximum absolute atomic E-state index is 11.1. The molecule has 116 valence electrons. The standard InChI is InChI=1S/C16H21N5O/c1-11(18-13-4-2-3-5-13)12-6-8-14(9-7-12)21-10-15(16(17)22)19-20-21/h6-11,13,18H,2-5H2,1H3,(H2,17,22). The molecule has 1 saturated carbocycles. The van der Waals surface area contributed by atoms with Crippen molar-refractivity contribution in [1.29, 1.82) is 0 Å². The Hall–Kier alpha value is -2.21. The van der Waals surface area contributed by atoms with E-state index < -0.39 is 5.91 Å². The van der Waals surface area contributed by atoms with Gasteiger partial charge in [0.2, 0.25) is 0 Å². The van der Waals surface area contributed by atoms with Gasteiger partial charge < -0.3 is 11.1 Å². The summed E-state index contributed by atoms with van der Waals surface area (Å²) in [6, 6.07) is 9.07.